The van der Waals surface area contributed by atoms with Crippen molar-refractivity contribution in [2.24, 2.45) is 0 Å². The van der Waals surface area contributed by atoms with Crippen LogP contribution in [-0.4, -0.2) is 44.6 Å². The molecule has 0 aliphatic carbocycles. The van der Waals surface area contributed by atoms with Crippen LogP contribution in [-0.2, 0) is 15.2 Å². The van der Waals surface area contributed by atoms with Crippen LogP contribution in [0.1, 0.15) is 45.4 Å². The van der Waals surface area contributed by atoms with Crippen LogP contribution in [0.4, 0.5) is 0 Å². The molecule has 0 saturated heterocycles. The molecule has 0 amide bonds. The maximum absolute atomic E-state index is 10.2. The van der Waals surface area contributed by atoms with Gasteiger partial charge in [-0.1, -0.05) is 26.2 Å². The number of nitrogens with zero attached hydrogens (tertiary/aromatic N) is 2. The van der Waals surface area contributed by atoms with Gasteiger partial charge in [0, 0.05) is 25.5 Å². The van der Waals surface area contributed by atoms with E-state index in [1.807, 2.05) is 0 Å². The number of unbranched alkanes of at least 4 members (excludes halogenated alkanes) is 4. The quantitative estimate of drug-likeness (QED) is 0.465. The highest BCUT2D eigenvalue weighted by Crippen LogP contribution is 2.10. The first kappa shape index (κ1) is 16.3. The van der Waals surface area contributed by atoms with Crippen LogP contribution in [0.2, 0.25) is 0 Å². The van der Waals surface area contributed by atoms with E-state index in [1.165, 1.54) is 25.7 Å². The molecule has 0 spiro atoms. The minimum Gasteiger partial charge on any atom is -0.359 e. The zero-order valence-electron chi connectivity index (χ0n) is 11.8. The van der Waals surface area contributed by atoms with Gasteiger partial charge in [-0.2, -0.15) is 0 Å². The molecule has 0 aromatic heterocycles. The molecule has 1 heterocycles. The Balaban J connectivity index is 1.98. The molecule has 112 valence electrons. The highest BCUT2D eigenvalue weighted by molar-refractivity contribution is 7.67. The third-order valence-electron chi connectivity index (χ3n) is 3.19. The Morgan fingerprint density at radius 3 is 2.21 bits per heavy atom. The van der Waals surface area contributed by atoms with E-state index in [0.717, 1.165) is 32.6 Å². The summed E-state index contributed by atoms with van der Waals surface area (Å²) >= 11 is 0. The normalized spacial score (nSPS) is 14.8. The van der Waals surface area contributed by atoms with E-state index in [2.05, 4.69) is 33.3 Å². The Labute approximate surface area is 118 Å². The van der Waals surface area contributed by atoms with Gasteiger partial charge in [0.1, 0.15) is 0 Å². The standard InChI is InChI=1S/C13H26N2O3S/c1-2-3-4-5-8-14-10-11-15(13-14)9-6-7-12-18-19(16)17/h10-11,19H,2-9,12-13H2,1H3. The highest BCUT2D eigenvalue weighted by Gasteiger charge is 2.10. The molecule has 0 bridgehead atoms. The monoisotopic (exact) mass is 290 g/mol. The van der Waals surface area contributed by atoms with Crippen molar-refractivity contribution in [2.75, 3.05) is 26.4 Å². The van der Waals surface area contributed by atoms with E-state index >= 15 is 0 Å². The first-order valence-corrected chi connectivity index (χ1v) is 8.25. The number of rotatable bonds is 11. The lowest BCUT2D eigenvalue weighted by Gasteiger charge is -2.21. The van der Waals surface area contributed by atoms with E-state index in [-0.39, 0.29) is 0 Å². The Morgan fingerprint density at radius 1 is 1.00 bits per heavy atom. The van der Waals surface area contributed by atoms with E-state index in [9.17, 15) is 8.42 Å². The SMILES string of the molecule is CCCCCCN1C=CN(CCCCO[SH](=O)=O)C1. The lowest BCUT2D eigenvalue weighted by Crippen LogP contribution is -2.26. The van der Waals surface area contributed by atoms with Crippen molar-refractivity contribution in [3.8, 4) is 0 Å². The van der Waals surface area contributed by atoms with E-state index in [4.69, 9.17) is 0 Å². The Morgan fingerprint density at radius 2 is 1.63 bits per heavy atom. The summed E-state index contributed by atoms with van der Waals surface area (Å²) < 4.78 is 24.9. The second-order valence-corrected chi connectivity index (χ2v) is 5.59. The van der Waals surface area contributed by atoms with E-state index in [0.29, 0.717) is 6.61 Å². The van der Waals surface area contributed by atoms with Gasteiger partial charge in [-0.05, 0) is 19.3 Å². The van der Waals surface area contributed by atoms with E-state index < -0.39 is 11.0 Å². The van der Waals surface area contributed by atoms with Crippen LogP contribution >= 0.6 is 0 Å². The van der Waals surface area contributed by atoms with Crippen molar-refractivity contribution in [1.29, 1.82) is 0 Å². The lowest BCUT2D eigenvalue weighted by atomic mass is 10.2. The minimum absolute atomic E-state index is 0.303. The fraction of sp³-hybridized carbons (Fsp3) is 0.846. The maximum atomic E-state index is 10.2. The van der Waals surface area contributed by atoms with Gasteiger partial charge in [0.05, 0.1) is 13.3 Å². The topological polar surface area (TPSA) is 49.9 Å². The van der Waals surface area contributed by atoms with Gasteiger partial charge in [-0.25, -0.2) is 8.42 Å². The molecule has 5 nitrogen and oxygen atoms in total. The lowest BCUT2D eigenvalue weighted by molar-refractivity contribution is 0.249. The van der Waals surface area contributed by atoms with Crippen LogP contribution in [0.25, 0.3) is 0 Å². The van der Waals surface area contributed by atoms with Crippen molar-refractivity contribution >= 4 is 11.0 Å². The molecule has 0 unspecified atom stereocenters. The second kappa shape index (κ2) is 10.1. The summed E-state index contributed by atoms with van der Waals surface area (Å²) in [6, 6.07) is 0. The van der Waals surface area contributed by atoms with Gasteiger partial charge in [0.15, 0.2) is 0 Å². The van der Waals surface area contributed by atoms with Crippen molar-refractivity contribution in [2.45, 2.75) is 45.4 Å². The smallest absolute Gasteiger partial charge is 0.257 e. The molecule has 0 N–H and O–H groups in total. The number of hydrogen-bond donors (Lipinski definition) is 1. The van der Waals surface area contributed by atoms with Crippen LogP contribution in [0.3, 0.4) is 0 Å². The van der Waals surface area contributed by atoms with Gasteiger partial charge in [0.25, 0.3) is 11.0 Å². The van der Waals surface area contributed by atoms with Crippen LogP contribution in [0.5, 0.6) is 0 Å². The predicted octanol–water partition coefficient (Wildman–Crippen LogP) is 1.94. The molecule has 0 saturated carbocycles. The third kappa shape index (κ3) is 8.10. The predicted molar refractivity (Wildman–Crippen MR) is 77.1 cm³/mol. The molecule has 0 fully saturated rings. The molecule has 0 aromatic carbocycles. The molecular weight excluding hydrogens is 264 g/mol. The maximum Gasteiger partial charge on any atom is 0.257 e. The summed E-state index contributed by atoms with van der Waals surface area (Å²) in [5, 5.41) is 0. The fourth-order valence-corrected chi connectivity index (χ4v) is 2.38. The zero-order valence-corrected chi connectivity index (χ0v) is 12.7. The van der Waals surface area contributed by atoms with Crippen molar-refractivity contribution in [3.63, 3.8) is 0 Å². The first-order chi connectivity index (χ1) is 9.22. The number of thiol groups is 1. The van der Waals surface area contributed by atoms with Crippen molar-refractivity contribution < 1.29 is 12.6 Å². The molecule has 19 heavy (non-hydrogen) atoms. The minimum atomic E-state index is -2.68. The average Bonchev–Trinajstić information content (AvgIpc) is 2.82. The van der Waals surface area contributed by atoms with Gasteiger partial charge < -0.3 is 9.80 Å². The Kier molecular flexibility index (Phi) is 8.66. The molecule has 0 atom stereocenters. The Bertz CT molecular complexity index is 324. The summed E-state index contributed by atoms with van der Waals surface area (Å²) in [5.74, 6) is 0. The van der Waals surface area contributed by atoms with Gasteiger partial charge in [-0.3, -0.25) is 4.18 Å². The van der Waals surface area contributed by atoms with Crippen molar-refractivity contribution in [3.05, 3.63) is 12.4 Å². The highest BCUT2D eigenvalue weighted by atomic mass is 32.2. The summed E-state index contributed by atoms with van der Waals surface area (Å²) in [4.78, 5) is 4.59. The van der Waals surface area contributed by atoms with Crippen molar-refractivity contribution in [1.82, 2.24) is 9.80 Å². The van der Waals surface area contributed by atoms with Crippen LogP contribution < -0.4 is 0 Å². The summed E-state index contributed by atoms with van der Waals surface area (Å²) in [6.45, 7) is 5.58. The summed E-state index contributed by atoms with van der Waals surface area (Å²) in [7, 11) is -2.68. The zero-order chi connectivity index (χ0) is 13.9. The molecule has 1 aliphatic heterocycles. The van der Waals surface area contributed by atoms with Gasteiger partial charge in [0.2, 0.25) is 0 Å². The summed E-state index contributed by atoms with van der Waals surface area (Å²) in [5.41, 5.74) is 0. The molecule has 6 heteroatoms. The molecule has 1 rings (SSSR count). The average molecular weight is 290 g/mol. The van der Waals surface area contributed by atoms with Crippen LogP contribution in [0.15, 0.2) is 12.4 Å². The largest absolute Gasteiger partial charge is 0.359 e. The third-order valence-corrected chi connectivity index (χ3v) is 3.58. The van der Waals surface area contributed by atoms with E-state index in [1.54, 1.807) is 0 Å². The fourth-order valence-electron chi connectivity index (χ4n) is 2.10. The molecular formula is C13H26N2O3S. The molecule has 0 radical (unpaired) electrons. The number of hydrogen-bond acceptors (Lipinski definition) is 5. The van der Waals surface area contributed by atoms with Gasteiger partial charge in [-0.15, -0.1) is 0 Å². The van der Waals surface area contributed by atoms with Crippen LogP contribution in [0, 0.1) is 0 Å². The van der Waals surface area contributed by atoms with Gasteiger partial charge >= 0.3 is 0 Å². The second-order valence-electron chi connectivity index (χ2n) is 4.89. The molecule has 0 aromatic rings. The summed E-state index contributed by atoms with van der Waals surface area (Å²) in [6.07, 6.45) is 11.2. The first-order valence-electron chi connectivity index (χ1n) is 7.16. The molecule has 1 aliphatic rings. The Hall–Kier alpha value is -0.750.